The van der Waals surface area contributed by atoms with Crippen molar-refractivity contribution >= 4 is 15.5 Å². The highest BCUT2D eigenvalue weighted by molar-refractivity contribution is 6.58. The largest absolute Gasteiger partial charge is 0.643 e. The zero-order chi connectivity index (χ0) is 7.91. The minimum atomic E-state index is -5.58. The third-order valence-corrected chi connectivity index (χ3v) is 0.538. The molecule has 0 saturated carbocycles. The second kappa shape index (κ2) is 5.57. The van der Waals surface area contributed by atoms with E-state index in [4.69, 9.17) is 15.0 Å². The fraction of sp³-hybridized carbons (Fsp3) is 0.500. The fourth-order valence-electron chi connectivity index (χ4n) is 0. The monoisotopic (exact) mass is 162 g/mol. The van der Waals surface area contributed by atoms with Crippen molar-refractivity contribution in [3.63, 3.8) is 0 Å². The smallest absolute Gasteiger partial charge is 0.483 e. The van der Waals surface area contributed by atoms with Crippen molar-refractivity contribution in [1.29, 1.82) is 0 Å². The van der Waals surface area contributed by atoms with E-state index in [9.17, 15) is 12.3 Å². The zero-order valence-electron chi connectivity index (χ0n) is 4.22. The molecular weight excluding hydrogens is 157 g/mol. The molecular formula is C2H5F3O3Si. The van der Waals surface area contributed by atoms with Crippen LogP contribution in [-0.2, 0) is 4.79 Å². The average molecular weight is 162 g/mol. The van der Waals surface area contributed by atoms with Gasteiger partial charge in [0.1, 0.15) is 6.23 Å². The summed E-state index contributed by atoms with van der Waals surface area (Å²) in [5, 5.41) is 14.2. The predicted octanol–water partition coefficient (Wildman–Crippen LogP) is 0.0661. The Kier molecular flexibility index (Phi) is 6.97. The maximum Gasteiger partial charge on any atom is 0.643 e. The summed E-state index contributed by atoms with van der Waals surface area (Å²) in [4.78, 5) is 8.36. The van der Waals surface area contributed by atoms with Crippen molar-refractivity contribution in [3.05, 3.63) is 0 Å². The van der Waals surface area contributed by atoms with Crippen LogP contribution in [0.15, 0.2) is 0 Å². The first-order valence-electron chi connectivity index (χ1n) is 1.73. The van der Waals surface area contributed by atoms with Gasteiger partial charge in [-0.25, -0.2) is 12.3 Å². The Morgan fingerprint density at radius 2 is 1.56 bits per heavy atom. The maximum atomic E-state index is 10.7. The second-order valence-corrected chi connectivity index (χ2v) is 2.43. The molecule has 0 radical (unpaired) electrons. The van der Waals surface area contributed by atoms with Crippen LogP contribution in [0.2, 0.25) is 0 Å². The number of hydrogen-bond donors (Lipinski definition) is 2. The van der Waals surface area contributed by atoms with E-state index in [0.29, 0.717) is 0 Å². The molecule has 2 N–H and O–H groups in total. The number of rotatable bonds is 1. The molecule has 0 saturated heterocycles. The van der Waals surface area contributed by atoms with E-state index in [1.807, 2.05) is 0 Å². The van der Waals surface area contributed by atoms with Gasteiger partial charge in [0.15, 0.2) is 0 Å². The summed E-state index contributed by atoms with van der Waals surface area (Å²) in [5.74, 6) is 0. The van der Waals surface area contributed by atoms with Crippen LogP contribution in [0, 0.1) is 0 Å². The van der Waals surface area contributed by atoms with Crippen molar-refractivity contribution < 1.29 is 27.3 Å². The normalized spacial score (nSPS) is 9.33. The fourth-order valence-corrected chi connectivity index (χ4v) is 0. The molecule has 0 bridgehead atoms. The van der Waals surface area contributed by atoms with Crippen molar-refractivity contribution in [1.82, 2.24) is 0 Å². The van der Waals surface area contributed by atoms with Crippen LogP contribution in [0.4, 0.5) is 12.3 Å². The zero-order valence-corrected chi connectivity index (χ0v) is 5.22. The molecule has 56 valence electrons. The van der Waals surface area contributed by atoms with E-state index in [-0.39, 0.29) is 6.47 Å². The Morgan fingerprint density at radius 1 is 1.44 bits per heavy atom. The van der Waals surface area contributed by atoms with Crippen LogP contribution < -0.4 is 0 Å². The molecule has 0 aromatic rings. The van der Waals surface area contributed by atoms with Gasteiger partial charge in [0.25, 0.3) is 6.47 Å². The number of aliphatic hydroxyl groups is 1. The summed E-state index contributed by atoms with van der Waals surface area (Å²) in [7, 11) is -5.58. The SMILES string of the molecule is O=CO.OC[Si](F)(F)F. The quantitative estimate of drug-likeness (QED) is 0.326. The van der Waals surface area contributed by atoms with Crippen LogP contribution >= 0.6 is 0 Å². The minimum Gasteiger partial charge on any atom is -0.483 e. The van der Waals surface area contributed by atoms with E-state index >= 15 is 0 Å². The molecule has 0 heterocycles. The van der Waals surface area contributed by atoms with Crippen molar-refractivity contribution in [2.75, 3.05) is 6.23 Å². The van der Waals surface area contributed by atoms with E-state index in [2.05, 4.69) is 0 Å². The molecule has 3 nitrogen and oxygen atoms in total. The molecule has 0 unspecified atom stereocenters. The average Bonchev–Trinajstić information content (AvgIpc) is 1.67. The van der Waals surface area contributed by atoms with Gasteiger partial charge in [0.2, 0.25) is 0 Å². The molecule has 9 heavy (non-hydrogen) atoms. The van der Waals surface area contributed by atoms with E-state index in [0.717, 1.165) is 0 Å². The molecule has 0 fully saturated rings. The Labute approximate surface area is 50.3 Å². The Bertz CT molecular complexity index is 71.9. The molecule has 0 aliphatic carbocycles. The first-order chi connectivity index (χ1) is 3.97. The summed E-state index contributed by atoms with van der Waals surface area (Å²) >= 11 is 0. The summed E-state index contributed by atoms with van der Waals surface area (Å²) in [5.41, 5.74) is 0. The standard InChI is InChI=1S/CH3F3OSi.CH2O2/c2-6(3,4)1-5;2-1-3/h5H,1H2;1H,(H,2,3). The number of carbonyl (C=O) groups is 1. The molecule has 7 heteroatoms. The Balaban J connectivity index is 0. The van der Waals surface area contributed by atoms with Gasteiger partial charge in [-0.2, -0.15) is 0 Å². The molecule has 0 rings (SSSR count). The van der Waals surface area contributed by atoms with Crippen molar-refractivity contribution in [3.8, 4) is 0 Å². The maximum absolute atomic E-state index is 10.7. The summed E-state index contributed by atoms with van der Waals surface area (Å²) in [6.07, 6.45) is -1.59. The Hall–Kier alpha value is -0.563. The lowest BCUT2D eigenvalue weighted by Gasteiger charge is -1.90. The van der Waals surface area contributed by atoms with Gasteiger partial charge >= 0.3 is 9.08 Å². The van der Waals surface area contributed by atoms with E-state index < -0.39 is 15.3 Å². The minimum absolute atomic E-state index is 0.250. The summed E-state index contributed by atoms with van der Waals surface area (Å²) < 4.78 is 32.0. The molecule has 0 aromatic carbocycles. The van der Waals surface area contributed by atoms with E-state index in [1.54, 1.807) is 0 Å². The number of carboxylic acid groups (broad SMARTS) is 1. The topological polar surface area (TPSA) is 57.5 Å². The molecule has 0 aliphatic rings. The second-order valence-electron chi connectivity index (χ2n) is 0.879. The molecule has 0 aromatic heterocycles. The number of halogens is 3. The van der Waals surface area contributed by atoms with Crippen molar-refractivity contribution in [2.24, 2.45) is 0 Å². The highest BCUT2D eigenvalue weighted by Crippen LogP contribution is 2.04. The van der Waals surface area contributed by atoms with Gasteiger partial charge in [0, 0.05) is 0 Å². The Morgan fingerprint density at radius 3 is 1.56 bits per heavy atom. The van der Waals surface area contributed by atoms with E-state index in [1.165, 1.54) is 0 Å². The molecule has 0 atom stereocenters. The van der Waals surface area contributed by atoms with Gasteiger partial charge in [-0.05, 0) is 0 Å². The first kappa shape index (κ1) is 11.3. The van der Waals surface area contributed by atoms with Gasteiger partial charge in [-0.1, -0.05) is 0 Å². The van der Waals surface area contributed by atoms with Gasteiger partial charge in [0.05, 0.1) is 0 Å². The van der Waals surface area contributed by atoms with Crippen LogP contribution in [0.3, 0.4) is 0 Å². The van der Waals surface area contributed by atoms with Crippen LogP contribution in [0.25, 0.3) is 0 Å². The van der Waals surface area contributed by atoms with Crippen LogP contribution in [0.1, 0.15) is 0 Å². The van der Waals surface area contributed by atoms with Crippen LogP contribution in [0.5, 0.6) is 0 Å². The lowest BCUT2D eigenvalue weighted by molar-refractivity contribution is -0.122. The molecule has 0 amide bonds. The first-order valence-corrected chi connectivity index (χ1v) is 3.57. The van der Waals surface area contributed by atoms with Gasteiger partial charge in [-0.3, -0.25) is 4.79 Å². The number of aliphatic hydroxyl groups excluding tert-OH is 1. The summed E-state index contributed by atoms with van der Waals surface area (Å²) in [6.45, 7) is -0.250. The molecule has 0 spiro atoms. The number of hydrogen-bond acceptors (Lipinski definition) is 2. The predicted molar refractivity (Wildman–Crippen MR) is 24.9 cm³/mol. The van der Waals surface area contributed by atoms with Crippen molar-refractivity contribution in [2.45, 2.75) is 0 Å². The van der Waals surface area contributed by atoms with Crippen LogP contribution in [-0.4, -0.2) is 32.0 Å². The highest BCUT2D eigenvalue weighted by atomic mass is 28.5. The lowest BCUT2D eigenvalue weighted by atomic mass is 11.7. The lowest BCUT2D eigenvalue weighted by Crippen LogP contribution is -2.20. The third-order valence-electron chi connectivity index (χ3n) is 0.179. The van der Waals surface area contributed by atoms with Gasteiger partial charge in [-0.15, -0.1) is 0 Å². The van der Waals surface area contributed by atoms with Gasteiger partial charge < -0.3 is 10.2 Å². The molecule has 0 aliphatic heterocycles. The highest BCUT2D eigenvalue weighted by Gasteiger charge is 2.35. The third kappa shape index (κ3) is 37.0. The summed E-state index contributed by atoms with van der Waals surface area (Å²) in [6, 6.07) is 0.